The first-order valence-electron chi connectivity index (χ1n) is 8.39. The molecule has 0 radical (unpaired) electrons. The van der Waals surface area contributed by atoms with Gasteiger partial charge in [0.05, 0.1) is 11.4 Å². The summed E-state index contributed by atoms with van der Waals surface area (Å²) in [5.74, 6) is 0.234. The molecule has 0 aliphatic heterocycles. The van der Waals surface area contributed by atoms with Crippen molar-refractivity contribution >= 4 is 40.1 Å². The standard InChI is InChI=1S/C19H16N6OS2/c20-17-23-19(25-24-17)28-11-16(26)22-18-21-15(10-27-18)14-8-6-13(7-9-14)12-4-2-1-3-5-12/h1-10H,11H2,(H,21,22,26)(H3,20,23,24,25). The van der Waals surface area contributed by atoms with Gasteiger partial charge in [-0.25, -0.2) is 10.1 Å². The fourth-order valence-corrected chi connectivity index (χ4v) is 3.88. The second kappa shape index (κ2) is 8.24. The van der Waals surface area contributed by atoms with Crippen molar-refractivity contribution in [2.75, 3.05) is 16.8 Å². The van der Waals surface area contributed by atoms with Gasteiger partial charge in [0.2, 0.25) is 17.0 Å². The number of hydrogen-bond acceptors (Lipinski definition) is 7. The molecule has 1 amide bonds. The van der Waals surface area contributed by atoms with Crippen molar-refractivity contribution in [3.8, 4) is 22.4 Å². The average Bonchev–Trinajstić information content (AvgIpc) is 3.36. The number of nitrogens with one attached hydrogen (secondary N) is 2. The zero-order valence-corrected chi connectivity index (χ0v) is 16.3. The summed E-state index contributed by atoms with van der Waals surface area (Å²) >= 11 is 2.59. The van der Waals surface area contributed by atoms with Crippen LogP contribution in [0.25, 0.3) is 22.4 Å². The second-order valence-corrected chi connectivity index (χ2v) is 7.62. The Balaban J connectivity index is 1.38. The minimum Gasteiger partial charge on any atom is -0.368 e. The Bertz CT molecular complexity index is 1080. The Morgan fingerprint density at radius 2 is 1.75 bits per heavy atom. The molecule has 2 heterocycles. The van der Waals surface area contributed by atoms with E-state index in [2.05, 4.69) is 49.7 Å². The molecular formula is C19H16N6OS2. The Morgan fingerprint density at radius 3 is 2.46 bits per heavy atom. The number of thioether (sulfide) groups is 1. The summed E-state index contributed by atoms with van der Waals surface area (Å²) in [6.07, 6.45) is 0. The van der Waals surface area contributed by atoms with Crippen LogP contribution in [0.5, 0.6) is 0 Å². The Kier molecular flexibility index (Phi) is 5.36. The van der Waals surface area contributed by atoms with Crippen LogP contribution in [0.2, 0.25) is 0 Å². The lowest BCUT2D eigenvalue weighted by atomic mass is 10.0. The number of benzene rings is 2. The van der Waals surface area contributed by atoms with Crippen LogP contribution in [-0.4, -0.2) is 31.8 Å². The molecule has 0 aliphatic carbocycles. The highest BCUT2D eigenvalue weighted by molar-refractivity contribution is 7.99. The zero-order valence-electron chi connectivity index (χ0n) is 14.6. The average molecular weight is 409 g/mol. The molecule has 4 rings (SSSR count). The Hall–Kier alpha value is -3.17. The highest BCUT2D eigenvalue weighted by atomic mass is 32.2. The van der Waals surface area contributed by atoms with E-state index in [1.807, 2.05) is 35.7 Å². The van der Waals surface area contributed by atoms with Gasteiger partial charge in [-0.2, -0.15) is 4.98 Å². The minimum absolute atomic E-state index is 0.173. The van der Waals surface area contributed by atoms with Crippen LogP contribution in [0, 0.1) is 0 Å². The summed E-state index contributed by atoms with van der Waals surface area (Å²) in [7, 11) is 0. The number of hydrogen-bond donors (Lipinski definition) is 3. The Morgan fingerprint density at radius 1 is 1.04 bits per heavy atom. The van der Waals surface area contributed by atoms with Gasteiger partial charge in [-0.3, -0.25) is 4.79 Å². The van der Waals surface area contributed by atoms with Crippen LogP contribution in [0.15, 0.2) is 65.1 Å². The van der Waals surface area contributed by atoms with Crippen LogP contribution in [0.1, 0.15) is 0 Å². The van der Waals surface area contributed by atoms with E-state index in [0.717, 1.165) is 16.8 Å². The molecule has 2 aromatic carbocycles. The summed E-state index contributed by atoms with van der Waals surface area (Å²) in [5.41, 5.74) is 9.61. The Labute approximate surface area is 169 Å². The molecule has 28 heavy (non-hydrogen) atoms. The van der Waals surface area contributed by atoms with Crippen molar-refractivity contribution < 1.29 is 4.79 Å². The molecule has 0 saturated carbocycles. The van der Waals surface area contributed by atoms with Gasteiger partial charge in [0.15, 0.2) is 5.13 Å². The van der Waals surface area contributed by atoms with E-state index >= 15 is 0 Å². The number of nitrogens with zero attached hydrogens (tertiary/aromatic N) is 3. The summed E-state index contributed by atoms with van der Waals surface area (Å²) in [5, 5.41) is 12.1. The number of anilines is 2. The van der Waals surface area contributed by atoms with E-state index in [0.29, 0.717) is 10.3 Å². The third-order valence-electron chi connectivity index (χ3n) is 3.85. The summed E-state index contributed by atoms with van der Waals surface area (Å²) in [6.45, 7) is 0. The number of carbonyl (C=O) groups is 1. The highest BCUT2D eigenvalue weighted by Crippen LogP contribution is 2.27. The van der Waals surface area contributed by atoms with Crippen molar-refractivity contribution in [1.82, 2.24) is 20.2 Å². The zero-order chi connectivity index (χ0) is 19.3. The van der Waals surface area contributed by atoms with Gasteiger partial charge in [-0.1, -0.05) is 66.4 Å². The largest absolute Gasteiger partial charge is 0.368 e. The fourth-order valence-electron chi connectivity index (χ4n) is 2.54. The molecule has 0 fully saturated rings. The monoisotopic (exact) mass is 408 g/mol. The molecule has 0 atom stereocenters. The van der Waals surface area contributed by atoms with Gasteiger partial charge in [0.25, 0.3) is 0 Å². The topological polar surface area (TPSA) is 110 Å². The fraction of sp³-hybridized carbons (Fsp3) is 0.0526. The molecule has 2 aromatic heterocycles. The number of nitrogens with two attached hydrogens (primary N) is 1. The van der Waals surface area contributed by atoms with Gasteiger partial charge in [-0.05, 0) is 11.1 Å². The van der Waals surface area contributed by atoms with Crippen LogP contribution in [-0.2, 0) is 4.79 Å². The van der Waals surface area contributed by atoms with Gasteiger partial charge < -0.3 is 11.1 Å². The highest BCUT2D eigenvalue weighted by Gasteiger charge is 2.10. The van der Waals surface area contributed by atoms with Crippen molar-refractivity contribution in [3.63, 3.8) is 0 Å². The van der Waals surface area contributed by atoms with E-state index < -0.39 is 0 Å². The summed E-state index contributed by atoms with van der Waals surface area (Å²) in [4.78, 5) is 20.5. The third-order valence-corrected chi connectivity index (χ3v) is 5.46. The quantitative estimate of drug-likeness (QED) is 0.417. The first-order chi connectivity index (χ1) is 13.7. The number of aromatic nitrogens is 4. The molecular weight excluding hydrogens is 392 g/mol. The van der Waals surface area contributed by atoms with Crippen LogP contribution >= 0.6 is 23.1 Å². The molecule has 7 nitrogen and oxygen atoms in total. The van der Waals surface area contributed by atoms with Gasteiger partial charge in [0.1, 0.15) is 0 Å². The molecule has 4 aromatic rings. The lowest BCUT2D eigenvalue weighted by Gasteiger charge is -2.03. The van der Waals surface area contributed by atoms with E-state index in [1.54, 1.807) is 0 Å². The number of rotatable bonds is 6. The molecule has 140 valence electrons. The number of thiazole rings is 1. The van der Waals surface area contributed by atoms with Crippen molar-refractivity contribution in [2.45, 2.75) is 5.16 Å². The van der Waals surface area contributed by atoms with E-state index in [4.69, 9.17) is 5.73 Å². The number of carbonyl (C=O) groups excluding carboxylic acids is 1. The van der Waals surface area contributed by atoms with E-state index in [9.17, 15) is 4.79 Å². The van der Waals surface area contributed by atoms with E-state index in [-0.39, 0.29) is 17.6 Å². The van der Waals surface area contributed by atoms with Gasteiger partial charge in [-0.15, -0.1) is 16.4 Å². The SMILES string of the molecule is Nc1nc(SCC(=O)Nc2nc(-c3ccc(-c4ccccc4)cc3)cs2)n[nH]1. The van der Waals surface area contributed by atoms with Crippen molar-refractivity contribution in [2.24, 2.45) is 0 Å². The second-order valence-electron chi connectivity index (χ2n) is 5.82. The van der Waals surface area contributed by atoms with Crippen molar-refractivity contribution in [3.05, 3.63) is 60.0 Å². The number of H-pyrrole nitrogens is 1. The van der Waals surface area contributed by atoms with Gasteiger partial charge in [0, 0.05) is 10.9 Å². The molecule has 0 saturated heterocycles. The maximum Gasteiger partial charge on any atom is 0.236 e. The molecule has 0 bridgehead atoms. The summed E-state index contributed by atoms with van der Waals surface area (Å²) < 4.78 is 0. The first-order valence-corrected chi connectivity index (χ1v) is 10.3. The lowest BCUT2D eigenvalue weighted by Crippen LogP contribution is -2.13. The predicted molar refractivity (Wildman–Crippen MR) is 113 cm³/mol. The van der Waals surface area contributed by atoms with Crippen LogP contribution < -0.4 is 11.1 Å². The maximum absolute atomic E-state index is 12.1. The minimum atomic E-state index is -0.173. The molecule has 9 heteroatoms. The number of nitrogen functional groups attached to an aromatic ring is 1. The molecule has 0 spiro atoms. The van der Waals surface area contributed by atoms with Gasteiger partial charge >= 0.3 is 0 Å². The van der Waals surface area contributed by atoms with Crippen molar-refractivity contribution in [1.29, 1.82) is 0 Å². The van der Waals surface area contributed by atoms with Crippen LogP contribution in [0.3, 0.4) is 0 Å². The predicted octanol–water partition coefficient (Wildman–Crippen LogP) is 3.91. The molecule has 0 aliphatic rings. The number of amides is 1. The number of aromatic amines is 1. The van der Waals surface area contributed by atoms with Crippen LogP contribution in [0.4, 0.5) is 11.1 Å². The molecule has 4 N–H and O–H groups in total. The normalized spacial score (nSPS) is 10.7. The lowest BCUT2D eigenvalue weighted by molar-refractivity contribution is -0.113. The first kappa shape index (κ1) is 18.2. The summed E-state index contributed by atoms with van der Waals surface area (Å²) in [6, 6.07) is 18.4. The molecule has 0 unspecified atom stereocenters. The smallest absolute Gasteiger partial charge is 0.236 e. The third kappa shape index (κ3) is 4.38. The maximum atomic E-state index is 12.1. The van der Waals surface area contributed by atoms with E-state index in [1.165, 1.54) is 28.7 Å².